The van der Waals surface area contributed by atoms with Crippen LogP contribution in [0.25, 0.3) is 0 Å². The van der Waals surface area contributed by atoms with E-state index in [1.54, 1.807) is 0 Å². The van der Waals surface area contributed by atoms with Crippen molar-refractivity contribution in [2.45, 2.75) is 74.1 Å². The Morgan fingerprint density at radius 2 is 1.43 bits per heavy atom. The molecule has 0 bridgehead atoms. The third kappa shape index (κ3) is 6.45. The molecule has 14 heavy (non-hydrogen) atoms. The normalized spacial score (nSPS) is 13.7. The van der Waals surface area contributed by atoms with Crippen LogP contribution >= 0.6 is 0 Å². The molecule has 0 rings (SSSR count). The summed E-state index contributed by atoms with van der Waals surface area (Å²) in [4.78, 5) is 0. The molecule has 0 nitrogen and oxygen atoms in total. The zero-order valence-electron chi connectivity index (χ0n) is 11.4. The van der Waals surface area contributed by atoms with Crippen molar-refractivity contribution in [2.75, 3.05) is 0 Å². The predicted molar refractivity (Wildman–Crippen MR) is 66.5 cm³/mol. The van der Waals surface area contributed by atoms with Gasteiger partial charge in [0, 0.05) is 0 Å². The van der Waals surface area contributed by atoms with E-state index in [0.717, 1.165) is 5.92 Å². The van der Waals surface area contributed by atoms with Crippen LogP contribution in [0.4, 0.5) is 0 Å². The maximum Gasteiger partial charge on any atom is -0.0347 e. The minimum Gasteiger partial charge on any atom is -0.0654 e. The van der Waals surface area contributed by atoms with Crippen LogP contribution < -0.4 is 0 Å². The van der Waals surface area contributed by atoms with Crippen molar-refractivity contribution in [3.05, 3.63) is 0 Å². The molecule has 0 N–H and O–H groups in total. The predicted octanol–water partition coefficient (Wildman–Crippen LogP) is 5.28. The third-order valence-corrected chi connectivity index (χ3v) is 2.84. The first-order chi connectivity index (χ1) is 6.18. The molecule has 0 radical (unpaired) electrons. The molecule has 0 saturated heterocycles. The van der Waals surface area contributed by atoms with Crippen LogP contribution in [0.15, 0.2) is 0 Å². The fraction of sp³-hybridized carbons (Fsp3) is 1.00. The summed E-state index contributed by atoms with van der Waals surface area (Å²) in [6.45, 7) is 16.6. The summed E-state index contributed by atoms with van der Waals surface area (Å²) in [5, 5.41) is 0. The first-order valence-electron chi connectivity index (χ1n) is 6.18. The van der Waals surface area contributed by atoms with Gasteiger partial charge in [-0.15, -0.1) is 0 Å². The molecule has 0 heterocycles. The standard InChI is InChI=1S/C14H30/c1-8-9-13(4,5)11-14(6,7)10-12(2)3/h12H,8-11H2,1-7H3. The molecule has 0 aromatic rings. The summed E-state index contributed by atoms with van der Waals surface area (Å²) >= 11 is 0. The molecule has 0 unspecified atom stereocenters. The van der Waals surface area contributed by atoms with E-state index in [0.29, 0.717) is 10.8 Å². The molecule has 0 atom stereocenters. The van der Waals surface area contributed by atoms with Gasteiger partial charge in [-0.05, 0) is 36.0 Å². The first kappa shape index (κ1) is 14.0. The van der Waals surface area contributed by atoms with E-state index in [1.165, 1.54) is 25.7 Å². The topological polar surface area (TPSA) is 0 Å². The van der Waals surface area contributed by atoms with Gasteiger partial charge >= 0.3 is 0 Å². The highest BCUT2D eigenvalue weighted by Gasteiger charge is 2.28. The molecule has 0 saturated carbocycles. The quantitative estimate of drug-likeness (QED) is 0.545. The Labute approximate surface area is 91.5 Å². The summed E-state index contributed by atoms with van der Waals surface area (Å²) in [5.74, 6) is 0.822. The Hall–Kier alpha value is 0. The van der Waals surface area contributed by atoms with Gasteiger partial charge in [-0.25, -0.2) is 0 Å². The molecule has 0 aliphatic heterocycles. The van der Waals surface area contributed by atoms with Crippen molar-refractivity contribution in [2.24, 2.45) is 16.7 Å². The van der Waals surface area contributed by atoms with E-state index >= 15 is 0 Å². The second-order valence-corrected chi connectivity index (χ2v) is 6.85. The Morgan fingerprint density at radius 1 is 0.929 bits per heavy atom. The zero-order valence-corrected chi connectivity index (χ0v) is 11.4. The van der Waals surface area contributed by atoms with Gasteiger partial charge in [0.2, 0.25) is 0 Å². The number of hydrogen-bond acceptors (Lipinski definition) is 0. The summed E-state index contributed by atoms with van der Waals surface area (Å²) in [7, 11) is 0. The fourth-order valence-electron chi connectivity index (χ4n) is 3.24. The van der Waals surface area contributed by atoms with E-state index < -0.39 is 0 Å². The van der Waals surface area contributed by atoms with Crippen molar-refractivity contribution in [1.82, 2.24) is 0 Å². The van der Waals surface area contributed by atoms with E-state index in [2.05, 4.69) is 48.5 Å². The monoisotopic (exact) mass is 198 g/mol. The van der Waals surface area contributed by atoms with Crippen molar-refractivity contribution in [3.8, 4) is 0 Å². The number of rotatable bonds is 6. The Morgan fingerprint density at radius 3 is 1.79 bits per heavy atom. The minimum atomic E-state index is 0.507. The van der Waals surface area contributed by atoms with Crippen LogP contribution in [0.1, 0.15) is 74.1 Å². The van der Waals surface area contributed by atoms with Crippen LogP contribution in [0.2, 0.25) is 0 Å². The second-order valence-electron chi connectivity index (χ2n) is 6.85. The van der Waals surface area contributed by atoms with E-state index in [1.807, 2.05) is 0 Å². The van der Waals surface area contributed by atoms with Gasteiger partial charge in [0.15, 0.2) is 0 Å². The lowest BCUT2D eigenvalue weighted by atomic mass is 9.70. The summed E-state index contributed by atoms with van der Waals surface area (Å²) in [6.07, 6.45) is 5.37. The second kappa shape index (κ2) is 5.19. The Bertz CT molecular complexity index is 151. The van der Waals surface area contributed by atoms with Crippen molar-refractivity contribution in [1.29, 1.82) is 0 Å². The van der Waals surface area contributed by atoms with Gasteiger partial charge in [0.1, 0.15) is 0 Å². The third-order valence-electron chi connectivity index (χ3n) is 2.84. The van der Waals surface area contributed by atoms with E-state index in [9.17, 15) is 0 Å². The van der Waals surface area contributed by atoms with Crippen LogP contribution in [0.3, 0.4) is 0 Å². The van der Waals surface area contributed by atoms with E-state index in [4.69, 9.17) is 0 Å². The van der Waals surface area contributed by atoms with Gasteiger partial charge in [-0.2, -0.15) is 0 Å². The summed E-state index contributed by atoms with van der Waals surface area (Å²) < 4.78 is 0. The van der Waals surface area contributed by atoms with Crippen molar-refractivity contribution in [3.63, 3.8) is 0 Å². The molecule has 0 aromatic heterocycles. The highest BCUT2D eigenvalue weighted by molar-refractivity contribution is 4.79. The molecule has 0 aliphatic carbocycles. The first-order valence-corrected chi connectivity index (χ1v) is 6.18. The molecule has 86 valence electrons. The SMILES string of the molecule is CCCC(C)(C)CC(C)(C)CC(C)C. The highest BCUT2D eigenvalue weighted by atomic mass is 14.3. The molecular weight excluding hydrogens is 168 g/mol. The van der Waals surface area contributed by atoms with E-state index in [-0.39, 0.29) is 0 Å². The lowest BCUT2D eigenvalue weighted by molar-refractivity contribution is 0.155. The van der Waals surface area contributed by atoms with Gasteiger partial charge < -0.3 is 0 Å². The minimum absolute atomic E-state index is 0.507. The molecule has 0 aliphatic rings. The van der Waals surface area contributed by atoms with Crippen LogP contribution in [-0.4, -0.2) is 0 Å². The van der Waals surface area contributed by atoms with Gasteiger partial charge in [0.05, 0.1) is 0 Å². The molecule has 0 aromatic carbocycles. The summed E-state index contributed by atoms with van der Waals surface area (Å²) in [5.41, 5.74) is 1.03. The lowest BCUT2D eigenvalue weighted by Crippen LogP contribution is -2.24. The van der Waals surface area contributed by atoms with Crippen molar-refractivity contribution < 1.29 is 0 Å². The van der Waals surface area contributed by atoms with Gasteiger partial charge in [0.25, 0.3) is 0 Å². The van der Waals surface area contributed by atoms with Gasteiger partial charge in [-0.1, -0.05) is 54.9 Å². The highest BCUT2D eigenvalue weighted by Crippen LogP contribution is 2.40. The van der Waals surface area contributed by atoms with Crippen LogP contribution in [0.5, 0.6) is 0 Å². The average Bonchev–Trinajstić information content (AvgIpc) is 1.78. The largest absolute Gasteiger partial charge is 0.0654 e. The van der Waals surface area contributed by atoms with Gasteiger partial charge in [-0.3, -0.25) is 0 Å². The Balaban J connectivity index is 4.19. The maximum absolute atomic E-state index is 2.42. The molecule has 0 fully saturated rings. The van der Waals surface area contributed by atoms with Crippen molar-refractivity contribution >= 4 is 0 Å². The zero-order chi connectivity index (χ0) is 11.4. The molecule has 0 spiro atoms. The average molecular weight is 198 g/mol. The van der Waals surface area contributed by atoms with Crippen LogP contribution in [0, 0.1) is 16.7 Å². The fourth-order valence-corrected chi connectivity index (χ4v) is 3.24. The molecule has 0 amide bonds. The number of hydrogen-bond donors (Lipinski definition) is 0. The lowest BCUT2D eigenvalue weighted by Gasteiger charge is -2.36. The maximum atomic E-state index is 2.42. The Kier molecular flexibility index (Phi) is 5.19. The van der Waals surface area contributed by atoms with Crippen LogP contribution in [-0.2, 0) is 0 Å². The molecule has 0 heteroatoms. The smallest absolute Gasteiger partial charge is 0.0347 e. The molecular formula is C14H30. The summed E-state index contributed by atoms with van der Waals surface area (Å²) in [6, 6.07) is 0.